The normalized spacial score (nSPS) is 11.4. The summed E-state index contributed by atoms with van der Waals surface area (Å²) in [6.45, 7) is 3.49. The number of amides is 2. The van der Waals surface area contributed by atoms with E-state index in [1.807, 2.05) is 0 Å². The molecule has 3 aromatic carbocycles. The lowest BCUT2D eigenvalue weighted by atomic mass is 9.93. The summed E-state index contributed by atoms with van der Waals surface area (Å²) < 4.78 is 4.74. The molecule has 0 bridgehead atoms. The molecule has 0 fully saturated rings. The van der Waals surface area contributed by atoms with Crippen LogP contribution in [0.4, 0.5) is 5.69 Å². The van der Waals surface area contributed by atoms with Crippen molar-refractivity contribution in [2.45, 2.75) is 19.9 Å². The van der Waals surface area contributed by atoms with Crippen LogP contribution in [0.3, 0.4) is 0 Å². The Morgan fingerprint density at radius 1 is 0.868 bits per heavy atom. The van der Waals surface area contributed by atoms with Crippen LogP contribution in [0.5, 0.6) is 0 Å². The van der Waals surface area contributed by atoms with Crippen LogP contribution in [-0.4, -0.2) is 47.8 Å². The van der Waals surface area contributed by atoms with Crippen molar-refractivity contribution in [3.8, 4) is 11.1 Å². The zero-order chi connectivity index (χ0) is 28.0. The van der Waals surface area contributed by atoms with Crippen LogP contribution in [0.15, 0.2) is 66.7 Å². The fourth-order valence-electron chi connectivity index (χ4n) is 3.79. The van der Waals surface area contributed by atoms with Gasteiger partial charge in [-0.05, 0) is 59.5 Å². The standard InChI is InChI=1S/C28H28N4O6/c1-15(2)23(28(37)38-3)32-25(33)17-10-13-20(22(14-17)27(35)36)19-6-4-5-7-21(19)26(34)31-18-11-8-16(9-12-18)24(29)30/h4-15,23H,1-3H3,(H3,29,30)(H,31,34)(H,32,33)(H,35,36)/t23-/m0/s1. The SMILES string of the molecule is COC(=O)[C@@H](NC(=O)c1ccc(-c2ccccc2C(=O)Nc2ccc(C(=N)N)cc2)c(C(=O)O)c1)C(C)C. The molecule has 0 heterocycles. The molecule has 0 aromatic heterocycles. The van der Waals surface area contributed by atoms with E-state index in [-0.39, 0.29) is 34.0 Å². The Kier molecular flexibility index (Phi) is 8.59. The maximum absolute atomic E-state index is 13.1. The van der Waals surface area contributed by atoms with Crippen LogP contribution in [0.25, 0.3) is 11.1 Å². The van der Waals surface area contributed by atoms with Gasteiger partial charge >= 0.3 is 11.9 Å². The molecular weight excluding hydrogens is 488 g/mol. The lowest BCUT2D eigenvalue weighted by molar-refractivity contribution is -0.144. The largest absolute Gasteiger partial charge is 0.478 e. The first-order valence-corrected chi connectivity index (χ1v) is 11.6. The number of nitrogen functional groups attached to an aromatic ring is 1. The summed E-state index contributed by atoms with van der Waals surface area (Å²) in [5, 5.41) is 22.7. The Morgan fingerprint density at radius 2 is 1.47 bits per heavy atom. The second kappa shape index (κ2) is 11.8. The minimum absolute atomic E-state index is 0.0354. The molecular formula is C28H28N4O6. The van der Waals surface area contributed by atoms with Gasteiger partial charge in [-0.3, -0.25) is 15.0 Å². The Bertz CT molecular complexity index is 1400. The molecule has 10 nitrogen and oxygen atoms in total. The Morgan fingerprint density at radius 3 is 2.05 bits per heavy atom. The molecule has 10 heteroatoms. The maximum Gasteiger partial charge on any atom is 0.336 e. The number of hydrogen-bond acceptors (Lipinski definition) is 6. The van der Waals surface area contributed by atoms with E-state index in [1.165, 1.54) is 25.3 Å². The number of hydrogen-bond donors (Lipinski definition) is 5. The molecule has 0 spiro atoms. The smallest absolute Gasteiger partial charge is 0.336 e. The van der Waals surface area contributed by atoms with Gasteiger partial charge in [-0.15, -0.1) is 0 Å². The predicted octanol–water partition coefficient (Wildman–Crippen LogP) is 3.52. The molecule has 3 aromatic rings. The molecule has 0 unspecified atom stereocenters. The van der Waals surface area contributed by atoms with Gasteiger partial charge in [0.1, 0.15) is 11.9 Å². The van der Waals surface area contributed by atoms with Gasteiger partial charge in [0, 0.05) is 22.4 Å². The molecule has 0 aliphatic rings. The summed E-state index contributed by atoms with van der Waals surface area (Å²) in [6, 6.07) is 16.1. The van der Waals surface area contributed by atoms with Crippen molar-refractivity contribution in [2.75, 3.05) is 12.4 Å². The fourth-order valence-corrected chi connectivity index (χ4v) is 3.79. The second-order valence-corrected chi connectivity index (χ2v) is 8.77. The van der Waals surface area contributed by atoms with Crippen molar-refractivity contribution in [1.82, 2.24) is 5.32 Å². The van der Waals surface area contributed by atoms with Crippen molar-refractivity contribution in [3.05, 3.63) is 89.0 Å². The van der Waals surface area contributed by atoms with Gasteiger partial charge in [0.25, 0.3) is 11.8 Å². The number of esters is 1. The Balaban J connectivity index is 1.95. The number of anilines is 1. The van der Waals surface area contributed by atoms with Crippen molar-refractivity contribution in [3.63, 3.8) is 0 Å². The topological polar surface area (TPSA) is 172 Å². The highest BCUT2D eigenvalue weighted by atomic mass is 16.5. The Hall–Kier alpha value is -4.99. The van der Waals surface area contributed by atoms with E-state index < -0.39 is 29.8 Å². The molecule has 0 aliphatic carbocycles. The molecule has 196 valence electrons. The Labute approximate surface area is 219 Å². The highest BCUT2D eigenvalue weighted by Gasteiger charge is 2.26. The predicted molar refractivity (Wildman–Crippen MR) is 142 cm³/mol. The third-order valence-electron chi connectivity index (χ3n) is 5.84. The summed E-state index contributed by atoms with van der Waals surface area (Å²) in [7, 11) is 1.22. The number of carbonyl (C=O) groups excluding carboxylic acids is 3. The molecule has 1 atom stereocenters. The third-order valence-corrected chi connectivity index (χ3v) is 5.84. The van der Waals surface area contributed by atoms with Crippen LogP contribution in [0, 0.1) is 11.3 Å². The van der Waals surface area contributed by atoms with Gasteiger partial charge in [-0.25, -0.2) is 9.59 Å². The van der Waals surface area contributed by atoms with E-state index in [0.717, 1.165) is 0 Å². The quantitative estimate of drug-likeness (QED) is 0.164. The molecule has 2 amide bonds. The molecule has 38 heavy (non-hydrogen) atoms. The minimum Gasteiger partial charge on any atom is -0.478 e. The van der Waals surface area contributed by atoms with E-state index in [1.54, 1.807) is 62.4 Å². The molecule has 0 saturated heterocycles. The molecule has 6 N–H and O–H groups in total. The molecule has 0 radical (unpaired) electrons. The summed E-state index contributed by atoms with van der Waals surface area (Å²) in [6.07, 6.45) is 0. The van der Waals surface area contributed by atoms with Gasteiger partial charge in [0.05, 0.1) is 12.7 Å². The summed E-state index contributed by atoms with van der Waals surface area (Å²) in [5.41, 5.74) is 7.08. The van der Waals surface area contributed by atoms with E-state index in [2.05, 4.69) is 10.6 Å². The number of ether oxygens (including phenoxy) is 1. The van der Waals surface area contributed by atoms with Crippen molar-refractivity contribution >= 4 is 35.3 Å². The average Bonchev–Trinajstić information content (AvgIpc) is 2.90. The van der Waals surface area contributed by atoms with Crippen LogP contribution < -0.4 is 16.4 Å². The zero-order valence-electron chi connectivity index (χ0n) is 21.1. The highest BCUT2D eigenvalue weighted by Crippen LogP contribution is 2.29. The first-order valence-electron chi connectivity index (χ1n) is 11.6. The first-order chi connectivity index (χ1) is 18.0. The van der Waals surface area contributed by atoms with Crippen LogP contribution >= 0.6 is 0 Å². The van der Waals surface area contributed by atoms with Crippen molar-refractivity contribution in [1.29, 1.82) is 5.41 Å². The van der Waals surface area contributed by atoms with E-state index in [0.29, 0.717) is 16.8 Å². The maximum atomic E-state index is 13.1. The second-order valence-electron chi connectivity index (χ2n) is 8.77. The fraction of sp³-hybridized carbons (Fsp3) is 0.179. The summed E-state index contributed by atoms with van der Waals surface area (Å²) in [5.74, 6) is -3.38. The number of carbonyl (C=O) groups is 4. The van der Waals surface area contributed by atoms with Crippen molar-refractivity contribution < 1.29 is 29.0 Å². The van der Waals surface area contributed by atoms with Gasteiger partial charge in [-0.1, -0.05) is 38.1 Å². The third kappa shape index (κ3) is 6.22. The van der Waals surface area contributed by atoms with Crippen LogP contribution in [-0.2, 0) is 9.53 Å². The molecule has 0 aliphatic heterocycles. The number of carboxylic acid groups (broad SMARTS) is 1. The average molecular weight is 517 g/mol. The van der Waals surface area contributed by atoms with Crippen LogP contribution in [0.2, 0.25) is 0 Å². The number of methoxy groups -OCH3 is 1. The van der Waals surface area contributed by atoms with E-state index in [9.17, 15) is 24.3 Å². The molecule has 0 saturated carbocycles. The van der Waals surface area contributed by atoms with E-state index >= 15 is 0 Å². The number of nitrogens with one attached hydrogen (secondary N) is 3. The van der Waals surface area contributed by atoms with Crippen LogP contribution in [0.1, 0.15) is 50.5 Å². The number of aromatic carboxylic acids is 1. The minimum atomic E-state index is -1.29. The van der Waals surface area contributed by atoms with Crippen molar-refractivity contribution in [2.24, 2.45) is 11.7 Å². The van der Waals surface area contributed by atoms with E-state index in [4.69, 9.17) is 15.9 Å². The first kappa shape index (κ1) is 27.6. The number of rotatable bonds is 9. The number of benzene rings is 3. The highest BCUT2D eigenvalue weighted by molar-refractivity contribution is 6.11. The lowest BCUT2D eigenvalue weighted by Crippen LogP contribution is -2.45. The monoisotopic (exact) mass is 516 g/mol. The van der Waals surface area contributed by atoms with Gasteiger partial charge in [0.2, 0.25) is 0 Å². The lowest BCUT2D eigenvalue weighted by Gasteiger charge is -2.20. The number of amidine groups is 1. The zero-order valence-corrected chi connectivity index (χ0v) is 21.1. The number of carboxylic acids is 1. The molecule has 3 rings (SSSR count). The van der Waals surface area contributed by atoms with Gasteiger partial charge in [-0.2, -0.15) is 0 Å². The van der Waals surface area contributed by atoms with Gasteiger partial charge in [0.15, 0.2) is 0 Å². The summed E-state index contributed by atoms with van der Waals surface area (Å²) in [4.78, 5) is 50.2. The summed E-state index contributed by atoms with van der Waals surface area (Å²) >= 11 is 0. The number of nitrogens with two attached hydrogens (primary N) is 1. The van der Waals surface area contributed by atoms with Gasteiger partial charge < -0.3 is 26.2 Å².